The molecule has 0 atom stereocenters. The molecular formula is C5H5BrN2. The second-order valence-electron chi connectivity index (χ2n) is 1.32. The summed E-state index contributed by atoms with van der Waals surface area (Å²) < 4.78 is 0. The minimum absolute atomic E-state index is 1.07. The Bertz CT molecular complexity index is 167. The quantitative estimate of drug-likeness (QED) is 0.688. The van der Waals surface area contributed by atoms with Crippen LogP contribution in [0.3, 0.4) is 0 Å². The highest BCUT2D eigenvalue weighted by atomic mass is 79.9. The summed E-state index contributed by atoms with van der Waals surface area (Å²) in [6, 6.07) is 0. The lowest BCUT2D eigenvalue weighted by Gasteiger charge is -1.72. The Hall–Kier alpha value is -0.570. The zero-order valence-electron chi connectivity index (χ0n) is 4.13. The first-order valence-electron chi connectivity index (χ1n) is 2.19. The summed E-state index contributed by atoms with van der Waals surface area (Å²) in [5.41, 5.74) is 1.07. The van der Waals surface area contributed by atoms with E-state index in [1.807, 2.05) is 12.3 Å². The van der Waals surface area contributed by atoms with Crippen molar-refractivity contribution in [3.63, 3.8) is 0 Å². The Balaban J connectivity index is 2.77. The Labute approximate surface area is 55.7 Å². The lowest BCUT2D eigenvalue weighted by Crippen LogP contribution is -1.54. The zero-order valence-corrected chi connectivity index (χ0v) is 5.72. The van der Waals surface area contributed by atoms with Crippen molar-refractivity contribution in [2.45, 2.75) is 0 Å². The van der Waals surface area contributed by atoms with Crippen LogP contribution in [0.4, 0.5) is 0 Å². The van der Waals surface area contributed by atoms with Gasteiger partial charge in [0.25, 0.3) is 0 Å². The molecule has 1 rings (SSSR count). The maximum Gasteiger partial charge on any atom is 0.0559 e. The Kier molecular flexibility index (Phi) is 1.86. The average Bonchev–Trinajstić information content (AvgIpc) is 2.19. The van der Waals surface area contributed by atoms with Gasteiger partial charge in [0.05, 0.1) is 6.20 Å². The first kappa shape index (κ1) is 5.56. The number of rotatable bonds is 1. The molecule has 0 amide bonds. The first-order valence-corrected chi connectivity index (χ1v) is 3.10. The lowest BCUT2D eigenvalue weighted by molar-refractivity contribution is 1.09. The van der Waals surface area contributed by atoms with Crippen LogP contribution in [-0.2, 0) is 0 Å². The molecule has 0 bridgehead atoms. The van der Waals surface area contributed by atoms with Gasteiger partial charge in [-0.2, -0.15) is 5.10 Å². The molecule has 0 saturated carbocycles. The van der Waals surface area contributed by atoms with Gasteiger partial charge < -0.3 is 0 Å². The van der Waals surface area contributed by atoms with E-state index in [1.165, 1.54) is 0 Å². The monoisotopic (exact) mass is 172 g/mol. The van der Waals surface area contributed by atoms with Crippen molar-refractivity contribution in [2.24, 2.45) is 0 Å². The smallest absolute Gasteiger partial charge is 0.0559 e. The molecule has 8 heavy (non-hydrogen) atoms. The topological polar surface area (TPSA) is 28.7 Å². The van der Waals surface area contributed by atoms with Gasteiger partial charge in [-0.15, -0.1) is 0 Å². The van der Waals surface area contributed by atoms with Crippen molar-refractivity contribution in [3.8, 4) is 0 Å². The van der Waals surface area contributed by atoms with Crippen molar-refractivity contribution < 1.29 is 0 Å². The van der Waals surface area contributed by atoms with Crippen LogP contribution in [0.25, 0.3) is 6.08 Å². The van der Waals surface area contributed by atoms with E-state index in [4.69, 9.17) is 0 Å². The second kappa shape index (κ2) is 2.67. The van der Waals surface area contributed by atoms with Gasteiger partial charge in [-0.3, -0.25) is 5.10 Å². The number of H-pyrrole nitrogens is 1. The van der Waals surface area contributed by atoms with Gasteiger partial charge in [-0.05, 0) is 11.1 Å². The highest BCUT2D eigenvalue weighted by molar-refractivity contribution is 9.11. The van der Waals surface area contributed by atoms with E-state index < -0.39 is 0 Å². The van der Waals surface area contributed by atoms with Gasteiger partial charge in [0.1, 0.15) is 0 Å². The predicted octanol–water partition coefficient (Wildman–Crippen LogP) is 1.78. The average molecular weight is 173 g/mol. The molecule has 1 heterocycles. The molecule has 0 unspecified atom stereocenters. The molecule has 0 saturated heterocycles. The van der Waals surface area contributed by atoms with Crippen LogP contribution in [0.2, 0.25) is 0 Å². The fourth-order valence-electron chi connectivity index (χ4n) is 0.425. The van der Waals surface area contributed by atoms with Crippen molar-refractivity contribution >= 4 is 22.0 Å². The third kappa shape index (κ3) is 1.20. The second-order valence-corrected chi connectivity index (χ2v) is 1.85. The van der Waals surface area contributed by atoms with Crippen LogP contribution in [0.5, 0.6) is 0 Å². The molecule has 1 N–H and O–H groups in total. The number of aromatic amines is 1. The van der Waals surface area contributed by atoms with Crippen molar-refractivity contribution in [1.82, 2.24) is 10.2 Å². The molecule has 0 aliphatic rings. The standard InChI is InChI=1S/C5H5BrN2/c6-2-1-5-3-7-8-4-5/h1-4H,(H,7,8)/b2-1+. The maximum atomic E-state index is 3.74. The SMILES string of the molecule is Br/C=C/c1cn[nH]c1. The number of nitrogens with zero attached hydrogens (tertiary/aromatic N) is 1. The van der Waals surface area contributed by atoms with E-state index in [0.29, 0.717) is 0 Å². The number of aromatic nitrogens is 2. The van der Waals surface area contributed by atoms with Gasteiger partial charge in [0.2, 0.25) is 0 Å². The summed E-state index contributed by atoms with van der Waals surface area (Å²) in [5, 5.41) is 6.44. The van der Waals surface area contributed by atoms with E-state index >= 15 is 0 Å². The van der Waals surface area contributed by atoms with Gasteiger partial charge in [-0.25, -0.2) is 0 Å². The molecule has 1 aromatic rings. The molecule has 0 aliphatic heterocycles. The van der Waals surface area contributed by atoms with Crippen LogP contribution in [0, 0.1) is 0 Å². The number of nitrogens with one attached hydrogen (secondary N) is 1. The molecule has 0 aliphatic carbocycles. The van der Waals surface area contributed by atoms with Gasteiger partial charge in [0.15, 0.2) is 0 Å². The fraction of sp³-hybridized carbons (Fsp3) is 0. The minimum Gasteiger partial charge on any atom is -0.285 e. The number of hydrogen-bond donors (Lipinski definition) is 1. The Morgan fingerprint density at radius 3 is 3.12 bits per heavy atom. The van der Waals surface area contributed by atoms with Gasteiger partial charge >= 0.3 is 0 Å². The van der Waals surface area contributed by atoms with E-state index in [9.17, 15) is 0 Å². The van der Waals surface area contributed by atoms with Crippen LogP contribution < -0.4 is 0 Å². The first-order chi connectivity index (χ1) is 3.93. The summed E-state index contributed by atoms with van der Waals surface area (Å²) in [4.78, 5) is 1.79. The van der Waals surface area contributed by atoms with Crippen LogP contribution in [0.15, 0.2) is 17.4 Å². The van der Waals surface area contributed by atoms with E-state index in [2.05, 4.69) is 26.1 Å². The van der Waals surface area contributed by atoms with Crippen LogP contribution >= 0.6 is 15.9 Å². The molecule has 3 heteroatoms. The van der Waals surface area contributed by atoms with Crippen LogP contribution in [-0.4, -0.2) is 10.2 Å². The molecular weight excluding hydrogens is 168 g/mol. The maximum absolute atomic E-state index is 3.74. The Morgan fingerprint density at radius 1 is 1.75 bits per heavy atom. The van der Waals surface area contributed by atoms with E-state index in [0.717, 1.165) is 5.56 Å². The largest absolute Gasteiger partial charge is 0.285 e. The number of hydrogen-bond acceptors (Lipinski definition) is 1. The summed E-state index contributed by atoms with van der Waals surface area (Å²) in [6.45, 7) is 0. The summed E-state index contributed by atoms with van der Waals surface area (Å²) in [7, 11) is 0. The lowest BCUT2D eigenvalue weighted by atomic mass is 10.4. The summed E-state index contributed by atoms with van der Waals surface area (Å²) in [5.74, 6) is 0. The molecule has 42 valence electrons. The fourth-order valence-corrected chi connectivity index (χ4v) is 0.730. The van der Waals surface area contributed by atoms with Gasteiger partial charge in [0, 0.05) is 11.8 Å². The molecule has 0 fully saturated rings. The van der Waals surface area contributed by atoms with Crippen molar-refractivity contribution in [1.29, 1.82) is 0 Å². The summed E-state index contributed by atoms with van der Waals surface area (Å²) in [6.07, 6.45) is 5.47. The Morgan fingerprint density at radius 2 is 2.62 bits per heavy atom. The summed E-state index contributed by atoms with van der Waals surface area (Å²) >= 11 is 3.15. The van der Waals surface area contributed by atoms with Gasteiger partial charge in [-0.1, -0.05) is 15.9 Å². The molecule has 0 radical (unpaired) electrons. The van der Waals surface area contributed by atoms with Crippen LogP contribution in [0.1, 0.15) is 5.56 Å². The van der Waals surface area contributed by atoms with Crippen molar-refractivity contribution in [2.75, 3.05) is 0 Å². The van der Waals surface area contributed by atoms with E-state index in [-0.39, 0.29) is 0 Å². The highest BCUT2D eigenvalue weighted by Crippen LogP contribution is 1.98. The molecule has 1 aromatic heterocycles. The normalized spacial score (nSPS) is 10.6. The third-order valence-corrected chi connectivity index (χ3v) is 1.04. The molecule has 0 aromatic carbocycles. The molecule has 2 nitrogen and oxygen atoms in total. The van der Waals surface area contributed by atoms with E-state index in [1.54, 1.807) is 11.2 Å². The highest BCUT2D eigenvalue weighted by Gasteiger charge is 1.80. The zero-order chi connectivity index (χ0) is 5.82. The minimum atomic E-state index is 1.07. The predicted molar refractivity (Wildman–Crippen MR) is 36.5 cm³/mol. The number of halogens is 1. The third-order valence-electron chi connectivity index (χ3n) is 0.775. The molecule has 0 spiro atoms. The van der Waals surface area contributed by atoms with Crippen molar-refractivity contribution in [3.05, 3.63) is 22.9 Å².